The first-order valence-electron chi connectivity index (χ1n) is 5.31. The predicted octanol–water partition coefficient (Wildman–Crippen LogP) is 1.70. The Morgan fingerprint density at radius 3 is 2.88 bits per heavy atom. The number of likely N-dealkylation sites (N-methyl/N-ethyl adjacent to an activating group) is 2. The summed E-state index contributed by atoms with van der Waals surface area (Å²) in [7, 11) is 0. The Morgan fingerprint density at radius 2 is 2.31 bits per heavy atom. The lowest BCUT2D eigenvalue weighted by molar-refractivity contribution is -0.119. The van der Waals surface area contributed by atoms with Crippen molar-refractivity contribution in [3.8, 4) is 0 Å². The minimum Gasteiger partial charge on any atom is -0.355 e. The molecule has 1 amide bonds. The summed E-state index contributed by atoms with van der Waals surface area (Å²) in [6.07, 6.45) is 1.67. The average molecular weight is 242 g/mol. The van der Waals surface area contributed by atoms with Crippen molar-refractivity contribution in [2.24, 2.45) is 0 Å². The molecule has 1 heterocycles. The van der Waals surface area contributed by atoms with Crippen LogP contribution in [0.1, 0.15) is 13.8 Å². The molecule has 0 unspecified atom stereocenters. The molecule has 0 saturated heterocycles. The van der Waals surface area contributed by atoms with E-state index in [1.165, 1.54) is 0 Å². The van der Waals surface area contributed by atoms with Gasteiger partial charge in [0.2, 0.25) is 5.91 Å². The van der Waals surface area contributed by atoms with Gasteiger partial charge in [-0.1, -0.05) is 11.6 Å². The zero-order valence-electron chi connectivity index (χ0n) is 9.53. The van der Waals surface area contributed by atoms with Crippen molar-refractivity contribution in [2.45, 2.75) is 13.8 Å². The number of hydrogen-bond acceptors (Lipinski definition) is 3. The zero-order valence-corrected chi connectivity index (χ0v) is 10.3. The molecule has 0 aliphatic rings. The van der Waals surface area contributed by atoms with Crippen LogP contribution in [0, 0.1) is 0 Å². The minimum atomic E-state index is -0.0222. The van der Waals surface area contributed by atoms with E-state index in [1.807, 2.05) is 18.7 Å². The lowest BCUT2D eigenvalue weighted by atomic mass is 10.4. The third-order valence-corrected chi connectivity index (χ3v) is 2.42. The van der Waals surface area contributed by atoms with Gasteiger partial charge >= 0.3 is 0 Å². The van der Waals surface area contributed by atoms with Gasteiger partial charge < -0.3 is 10.2 Å². The molecule has 0 aromatic carbocycles. The second-order valence-corrected chi connectivity index (χ2v) is 3.68. The van der Waals surface area contributed by atoms with Gasteiger partial charge in [0.25, 0.3) is 0 Å². The Morgan fingerprint density at radius 1 is 1.56 bits per heavy atom. The van der Waals surface area contributed by atoms with E-state index in [2.05, 4.69) is 10.3 Å². The van der Waals surface area contributed by atoms with Crippen LogP contribution >= 0.6 is 11.6 Å². The Kier molecular flexibility index (Phi) is 5.05. The van der Waals surface area contributed by atoms with Crippen molar-refractivity contribution >= 4 is 23.3 Å². The third-order valence-electron chi connectivity index (χ3n) is 2.13. The highest BCUT2D eigenvalue weighted by Gasteiger charge is 2.12. The van der Waals surface area contributed by atoms with Gasteiger partial charge in [-0.2, -0.15) is 0 Å². The number of pyridine rings is 1. The number of halogens is 1. The maximum Gasteiger partial charge on any atom is 0.239 e. The first kappa shape index (κ1) is 12.8. The molecule has 0 aliphatic carbocycles. The summed E-state index contributed by atoms with van der Waals surface area (Å²) in [5.41, 5.74) is 0. The van der Waals surface area contributed by atoms with Crippen LogP contribution in [0.15, 0.2) is 18.3 Å². The van der Waals surface area contributed by atoms with E-state index < -0.39 is 0 Å². The highest BCUT2D eigenvalue weighted by atomic mass is 35.5. The first-order chi connectivity index (χ1) is 7.69. The van der Waals surface area contributed by atoms with Gasteiger partial charge in [-0.3, -0.25) is 4.79 Å². The SMILES string of the molecule is CCNC(=O)CN(CC)c1ncccc1Cl. The Balaban J connectivity index is 2.75. The van der Waals surface area contributed by atoms with Crippen LogP contribution in [-0.4, -0.2) is 30.5 Å². The first-order valence-corrected chi connectivity index (χ1v) is 5.69. The molecule has 5 heteroatoms. The van der Waals surface area contributed by atoms with E-state index in [1.54, 1.807) is 18.3 Å². The quantitative estimate of drug-likeness (QED) is 0.854. The van der Waals surface area contributed by atoms with Crippen LogP contribution in [-0.2, 0) is 4.79 Å². The fraction of sp³-hybridized carbons (Fsp3) is 0.455. The van der Waals surface area contributed by atoms with Crippen molar-refractivity contribution in [3.05, 3.63) is 23.4 Å². The van der Waals surface area contributed by atoms with Crippen molar-refractivity contribution in [1.29, 1.82) is 0 Å². The van der Waals surface area contributed by atoms with Gasteiger partial charge in [-0.15, -0.1) is 0 Å². The molecule has 1 rings (SSSR count). The Bertz CT molecular complexity index is 357. The number of carbonyl (C=O) groups is 1. The van der Waals surface area contributed by atoms with Crippen LogP contribution < -0.4 is 10.2 Å². The molecule has 0 atom stereocenters. The van der Waals surface area contributed by atoms with Crippen LogP contribution in [0.25, 0.3) is 0 Å². The van der Waals surface area contributed by atoms with Gasteiger partial charge in [-0.05, 0) is 26.0 Å². The molecule has 0 radical (unpaired) electrons. The van der Waals surface area contributed by atoms with Crippen LogP contribution in [0.3, 0.4) is 0 Å². The molecule has 0 bridgehead atoms. The number of carbonyl (C=O) groups excluding carboxylic acids is 1. The third kappa shape index (κ3) is 3.38. The van der Waals surface area contributed by atoms with Gasteiger partial charge in [-0.25, -0.2) is 4.98 Å². The molecular weight excluding hydrogens is 226 g/mol. The number of nitrogens with one attached hydrogen (secondary N) is 1. The summed E-state index contributed by atoms with van der Waals surface area (Å²) in [5.74, 6) is 0.629. The summed E-state index contributed by atoms with van der Waals surface area (Å²) in [6.45, 7) is 5.45. The van der Waals surface area contributed by atoms with E-state index in [0.29, 0.717) is 23.9 Å². The van der Waals surface area contributed by atoms with Gasteiger partial charge in [0, 0.05) is 19.3 Å². The average Bonchev–Trinajstić information content (AvgIpc) is 2.27. The number of anilines is 1. The monoisotopic (exact) mass is 241 g/mol. The van der Waals surface area contributed by atoms with Gasteiger partial charge in [0.1, 0.15) is 5.82 Å². The minimum absolute atomic E-state index is 0.0222. The van der Waals surface area contributed by atoms with Crippen molar-refractivity contribution < 1.29 is 4.79 Å². The smallest absolute Gasteiger partial charge is 0.239 e. The van der Waals surface area contributed by atoms with E-state index in [9.17, 15) is 4.79 Å². The highest BCUT2D eigenvalue weighted by molar-refractivity contribution is 6.32. The number of amides is 1. The molecular formula is C11H16ClN3O. The molecule has 16 heavy (non-hydrogen) atoms. The molecule has 0 fully saturated rings. The summed E-state index contributed by atoms with van der Waals surface area (Å²) >= 11 is 6.02. The second kappa shape index (κ2) is 6.33. The number of aromatic nitrogens is 1. The van der Waals surface area contributed by atoms with Gasteiger partial charge in [0.05, 0.1) is 11.6 Å². The summed E-state index contributed by atoms with van der Waals surface area (Å²) in [4.78, 5) is 17.5. The van der Waals surface area contributed by atoms with E-state index in [4.69, 9.17) is 11.6 Å². The van der Waals surface area contributed by atoms with Crippen molar-refractivity contribution in [3.63, 3.8) is 0 Å². The summed E-state index contributed by atoms with van der Waals surface area (Å²) in [5, 5.41) is 3.31. The van der Waals surface area contributed by atoms with Crippen LogP contribution in [0.2, 0.25) is 5.02 Å². The molecule has 0 saturated carbocycles. The lowest BCUT2D eigenvalue weighted by Crippen LogP contribution is -2.37. The standard InChI is InChI=1S/C11H16ClN3O/c1-3-13-10(16)8-15(4-2)11-9(12)6-5-7-14-11/h5-7H,3-4,8H2,1-2H3,(H,13,16). The molecule has 1 aromatic heterocycles. The maximum atomic E-state index is 11.5. The largest absolute Gasteiger partial charge is 0.355 e. The fourth-order valence-electron chi connectivity index (χ4n) is 1.37. The molecule has 1 aromatic rings. The highest BCUT2D eigenvalue weighted by Crippen LogP contribution is 2.21. The Hall–Kier alpha value is -1.29. The normalized spacial score (nSPS) is 9.94. The molecule has 1 N–H and O–H groups in total. The fourth-order valence-corrected chi connectivity index (χ4v) is 1.61. The lowest BCUT2D eigenvalue weighted by Gasteiger charge is -2.21. The molecule has 88 valence electrons. The maximum absolute atomic E-state index is 11.5. The van der Waals surface area contributed by atoms with Crippen molar-refractivity contribution in [1.82, 2.24) is 10.3 Å². The van der Waals surface area contributed by atoms with E-state index in [0.717, 1.165) is 0 Å². The molecule has 0 aliphatic heterocycles. The Labute approximate surface area is 101 Å². The van der Waals surface area contributed by atoms with E-state index in [-0.39, 0.29) is 12.5 Å². The number of rotatable bonds is 5. The van der Waals surface area contributed by atoms with Gasteiger partial charge in [0.15, 0.2) is 0 Å². The second-order valence-electron chi connectivity index (χ2n) is 3.28. The van der Waals surface area contributed by atoms with Crippen molar-refractivity contribution in [2.75, 3.05) is 24.5 Å². The van der Waals surface area contributed by atoms with Crippen LogP contribution in [0.4, 0.5) is 5.82 Å². The van der Waals surface area contributed by atoms with E-state index >= 15 is 0 Å². The summed E-state index contributed by atoms with van der Waals surface area (Å²) < 4.78 is 0. The number of hydrogen-bond donors (Lipinski definition) is 1. The van der Waals surface area contributed by atoms with Crippen LogP contribution in [0.5, 0.6) is 0 Å². The molecule has 4 nitrogen and oxygen atoms in total. The molecule has 0 spiro atoms. The predicted molar refractivity (Wildman–Crippen MR) is 65.8 cm³/mol. The zero-order chi connectivity index (χ0) is 12.0. The topological polar surface area (TPSA) is 45.2 Å². The number of nitrogens with zero attached hydrogens (tertiary/aromatic N) is 2. The summed E-state index contributed by atoms with van der Waals surface area (Å²) in [6, 6.07) is 3.54.